The van der Waals surface area contributed by atoms with E-state index in [1.165, 1.54) is 12.1 Å². The van der Waals surface area contributed by atoms with Crippen molar-refractivity contribution in [3.63, 3.8) is 0 Å². The van der Waals surface area contributed by atoms with Crippen LogP contribution >= 0.6 is 0 Å². The van der Waals surface area contributed by atoms with Crippen molar-refractivity contribution in [3.05, 3.63) is 63.2 Å². The van der Waals surface area contributed by atoms with Gasteiger partial charge in [0.1, 0.15) is 0 Å². The molecule has 0 aromatic heterocycles. The molecule has 2 N–H and O–H groups in total. The fraction of sp³-hybridized carbons (Fsp3) is 0.278. The van der Waals surface area contributed by atoms with E-state index in [-0.39, 0.29) is 18.1 Å². The fourth-order valence-corrected chi connectivity index (χ4v) is 2.48. The number of rotatable bonds is 6. The highest BCUT2D eigenvalue weighted by Gasteiger charge is 2.11. The molecule has 2 aromatic rings. The van der Waals surface area contributed by atoms with Crippen molar-refractivity contribution in [3.8, 4) is 0 Å². The lowest BCUT2D eigenvalue weighted by Gasteiger charge is -2.14. The summed E-state index contributed by atoms with van der Waals surface area (Å²) in [5.74, 6) is -0.190. The Hall–Kier alpha value is -2.89. The largest absolute Gasteiger partial charge is 0.376 e. The first kappa shape index (κ1) is 17.5. The zero-order chi connectivity index (χ0) is 17.7. The van der Waals surface area contributed by atoms with Crippen LogP contribution in [0.15, 0.2) is 36.4 Å². The molecule has 0 bridgehead atoms. The molecule has 126 valence electrons. The Balaban J connectivity index is 2.07. The number of aryl methyl sites for hydroxylation is 3. The molecular weight excluding hydrogens is 306 g/mol. The van der Waals surface area contributed by atoms with E-state index in [4.69, 9.17) is 0 Å². The van der Waals surface area contributed by atoms with E-state index < -0.39 is 4.92 Å². The molecule has 24 heavy (non-hydrogen) atoms. The molecule has 0 saturated carbocycles. The Morgan fingerprint density at radius 3 is 2.58 bits per heavy atom. The molecule has 0 fully saturated rings. The Bertz CT molecular complexity index is 772. The van der Waals surface area contributed by atoms with Crippen molar-refractivity contribution in [2.45, 2.75) is 27.2 Å². The molecule has 0 saturated heterocycles. The third-order valence-corrected chi connectivity index (χ3v) is 3.88. The first-order chi connectivity index (χ1) is 11.4. The maximum Gasteiger partial charge on any atom is 0.271 e. The van der Waals surface area contributed by atoms with Gasteiger partial charge in [-0.3, -0.25) is 14.9 Å². The minimum absolute atomic E-state index is 0.00400. The molecular formula is C18H21N3O3. The smallest absolute Gasteiger partial charge is 0.271 e. The standard InChI is InChI=1S/C18H21N3O3/c1-4-14-7-5-6-13(3)18(14)20-17(22)11-19-16-10-15(21(23)24)9-8-12(16)2/h5-10,19H,4,11H2,1-3H3,(H,20,22). The Morgan fingerprint density at radius 1 is 1.17 bits per heavy atom. The molecule has 0 radical (unpaired) electrons. The lowest BCUT2D eigenvalue weighted by atomic mass is 10.1. The number of amides is 1. The van der Waals surface area contributed by atoms with Crippen LogP contribution in [0.5, 0.6) is 0 Å². The number of non-ortho nitro benzene ring substituents is 1. The molecule has 0 aliphatic carbocycles. The van der Waals surface area contributed by atoms with Gasteiger partial charge < -0.3 is 10.6 Å². The number of nitrogens with one attached hydrogen (secondary N) is 2. The SMILES string of the molecule is CCc1cccc(C)c1NC(=O)CNc1cc([N+](=O)[O-])ccc1C. The van der Waals surface area contributed by atoms with Crippen LogP contribution in [-0.2, 0) is 11.2 Å². The van der Waals surface area contributed by atoms with Gasteiger partial charge in [0.05, 0.1) is 11.5 Å². The summed E-state index contributed by atoms with van der Waals surface area (Å²) < 4.78 is 0. The normalized spacial score (nSPS) is 10.3. The van der Waals surface area contributed by atoms with Gasteiger partial charge in [-0.2, -0.15) is 0 Å². The van der Waals surface area contributed by atoms with E-state index in [1.54, 1.807) is 6.07 Å². The van der Waals surface area contributed by atoms with Crippen LogP contribution in [-0.4, -0.2) is 17.4 Å². The molecule has 0 heterocycles. The van der Waals surface area contributed by atoms with Crippen molar-refractivity contribution in [1.29, 1.82) is 0 Å². The maximum atomic E-state index is 12.2. The minimum atomic E-state index is -0.453. The minimum Gasteiger partial charge on any atom is -0.376 e. The maximum absolute atomic E-state index is 12.2. The van der Waals surface area contributed by atoms with Gasteiger partial charge in [-0.1, -0.05) is 31.2 Å². The number of carbonyl (C=O) groups is 1. The first-order valence-electron chi connectivity index (χ1n) is 7.79. The van der Waals surface area contributed by atoms with Gasteiger partial charge in [-0.15, -0.1) is 0 Å². The molecule has 0 aliphatic heterocycles. The monoisotopic (exact) mass is 327 g/mol. The summed E-state index contributed by atoms with van der Waals surface area (Å²) >= 11 is 0. The van der Waals surface area contributed by atoms with Gasteiger partial charge in [-0.05, 0) is 37.0 Å². The number of carbonyl (C=O) groups excluding carboxylic acids is 1. The quantitative estimate of drug-likeness (QED) is 0.624. The second kappa shape index (κ2) is 7.59. The van der Waals surface area contributed by atoms with Crippen molar-refractivity contribution < 1.29 is 9.72 Å². The molecule has 0 spiro atoms. The average Bonchev–Trinajstić information content (AvgIpc) is 2.55. The third kappa shape index (κ3) is 4.10. The highest BCUT2D eigenvalue weighted by atomic mass is 16.6. The number of nitro groups is 1. The summed E-state index contributed by atoms with van der Waals surface area (Å²) in [6.07, 6.45) is 0.828. The highest BCUT2D eigenvalue weighted by Crippen LogP contribution is 2.23. The summed E-state index contributed by atoms with van der Waals surface area (Å²) in [7, 11) is 0. The zero-order valence-corrected chi connectivity index (χ0v) is 14.1. The number of benzene rings is 2. The fourth-order valence-electron chi connectivity index (χ4n) is 2.48. The van der Waals surface area contributed by atoms with E-state index in [9.17, 15) is 14.9 Å². The van der Waals surface area contributed by atoms with E-state index in [2.05, 4.69) is 10.6 Å². The predicted molar refractivity (Wildman–Crippen MR) is 95.5 cm³/mol. The van der Waals surface area contributed by atoms with Crippen LogP contribution in [0.2, 0.25) is 0 Å². The van der Waals surface area contributed by atoms with E-state index in [0.29, 0.717) is 5.69 Å². The number of para-hydroxylation sites is 1. The van der Waals surface area contributed by atoms with Crippen molar-refractivity contribution in [1.82, 2.24) is 0 Å². The molecule has 0 atom stereocenters. The van der Waals surface area contributed by atoms with Gasteiger partial charge in [0.2, 0.25) is 5.91 Å². The summed E-state index contributed by atoms with van der Waals surface area (Å²) in [6, 6.07) is 10.5. The lowest BCUT2D eigenvalue weighted by molar-refractivity contribution is -0.384. The second-order valence-corrected chi connectivity index (χ2v) is 5.62. The van der Waals surface area contributed by atoms with Crippen LogP contribution in [0.25, 0.3) is 0 Å². The summed E-state index contributed by atoms with van der Waals surface area (Å²) in [5.41, 5.74) is 4.35. The Labute approximate surface area is 141 Å². The van der Waals surface area contributed by atoms with Gasteiger partial charge in [0.25, 0.3) is 5.69 Å². The molecule has 0 unspecified atom stereocenters. The lowest BCUT2D eigenvalue weighted by Crippen LogP contribution is -2.23. The van der Waals surface area contributed by atoms with Gasteiger partial charge in [0, 0.05) is 23.5 Å². The van der Waals surface area contributed by atoms with Crippen LogP contribution in [0.4, 0.5) is 17.1 Å². The van der Waals surface area contributed by atoms with Crippen LogP contribution in [0.3, 0.4) is 0 Å². The summed E-state index contributed by atoms with van der Waals surface area (Å²) in [4.78, 5) is 22.6. The van der Waals surface area contributed by atoms with E-state index in [0.717, 1.165) is 28.8 Å². The van der Waals surface area contributed by atoms with Crippen LogP contribution < -0.4 is 10.6 Å². The Morgan fingerprint density at radius 2 is 1.92 bits per heavy atom. The molecule has 2 rings (SSSR count). The number of hydrogen-bond acceptors (Lipinski definition) is 4. The van der Waals surface area contributed by atoms with Gasteiger partial charge in [-0.25, -0.2) is 0 Å². The van der Waals surface area contributed by atoms with Crippen molar-refractivity contribution >= 4 is 23.0 Å². The highest BCUT2D eigenvalue weighted by molar-refractivity contribution is 5.95. The predicted octanol–water partition coefficient (Wildman–Crippen LogP) is 3.82. The third-order valence-electron chi connectivity index (χ3n) is 3.88. The van der Waals surface area contributed by atoms with Crippen molar-refractivity contribution in [2.75, 3.05) is 17.2 Å². The van der Waals surface area contributed by atoms with Crippen LogP contribution in [0.1, 0.15) is 23.6 Å². The van der Waals surface area contributed by atoms with E-state index >= 15 is 0 Å². The molecule has 6 heteroatoms. The number of nitro benzene ring substituents is 1. The van der Waals surface area contributed by atoms with Crippen LogP contribution in [0, 0.1) is 24.0 Å². The van der Waals surface area contributed by atoms with Crippen molar-refractivity contribution in [2.24, 2.45) is 0 Å². The van der Waals surface area contributed by atoms with Gasteiger partial charge >= 0.3 is 0 Å². The number of hydrogen-bond donors (Lipinski definition) is 2. The molecule has 1 amide bonds. The Kier molecular flexibility index (Phi) is 5.52. The number of anilines is 2. The zero-order valence-electron chi connectivity index (χ0n) is 14.1. The van der Waals surface area contributed by atoms with E-state index in [1.807, 2.05) is 39.0 Å². The number of nitrogens with zero attached hydrogens (tertiary/aromatic N) is 1. The topological polar surface area (TPSA) is 84.3 Å². The van der Waals surface area contributed by atoms with Gasteiger partial charge in [0.15, 0.2) is 0 Å². The molecule has 2 aromatic carbocycles. The second-order valence-electron chi connectivity index (χ2n) is 5.62. The molecule has 0 aliphatic rings. The summed E-state index contributed by atoms with van der Waals surface area (Å²) in [5, 5.41) is 16.7. The first-order valence-corrected chi connectivity index (χ1v) is 7.79. The summed E-state index contributed by atoms with van der Waals surface area (Å²) in [6.45, 7) is 5.86. The molecule has 6 nitrogen and oxygen atoms in total. The average molecular weight is 327 g/mol.